The van der Waals surface area contributed by atoms with Crippen LogP contribution in [0.4, 0.5) is 5.69 Å². The van der Waals surface area contributed by atoms with Gasteiger partial charge in [-0.15, -0.1) is 0 Å². The summed E-state index contributed by atoms with van der Waals surface area (Å²) < 4.78 is 11.1. The van der Waals surface area contributed by atoms with Gasteiger partial charge in [-0.2, -0.15) is 0 Å². The molecule has 0 aromatic heterocycles. The van der Waals surface area contributed by atoms with Crippen LogP contribution in [0.15, 0.2) is 42.5 Å². The Morgan fingerprint density at radius 1 is 1.03 bits per heavy atom. The Labute approximate surface area is 191 Å². The third-order valence-electron chi connectivity index (χ3n) is 6.80. The fourth-order valence-electron chi connectivity index (χ4n) is 5.04. The van der Waals surface area contributed by atoms with Crippen molar-refractivity contribution in [3.8, 4) is 5.75 Å². The van der Waals surface area contributed by atoms with Crippen molar-refractivity contribution in [2.75, 3.05) is 31.6 Å². The number of likely N-dealkylation sites (N-methyl/N-ethyl adjacent to an activating group) is 1. The minimum absolute atomic E-state index is 0.182. The molecule has 9 nitrogen and oxygen atoms in total. The molecular weight excluding hydrogens is 428 g/mol. The number of aliphatic hydroxyl groups is 3. The Balaban J connectivity index is 1.46. The molecule has 3 aliphatic heterocycles. The van der Waals surface area contributed by atoms with Crippen LogP contribution >= 0.6 is 0 Å². The first kappa shape index (κ1) is 22.1. The summed E-state index contributed by atoms with van der Waals surface area (Å²) in [7, 11) is 2.12. The van der Waals surface area contributed by atoms with Crippen LogP contribution in [0, 0.1) is 0 Å². The number of para-hydroxylation sites is 1. The number of hydrogen-bond acceptors (Lipinski definition) is 8. The molecule has 3 aliphatic rings. The molecule has 2 fully saturated rings. The number of rotatable bonds is 3. The van der Waals surface area contributed by atoms with Crippen molar-refractivity contribution in [3.05, 3.63) is 59.2 Å². The number of aliphatic carboxylic acids is 1. The van der Waals surface area contributed by atoms with E-state index in [0.29, 0.717) is 12.2 Å². The van der Waals surface area contributed by atoms with Crippen molar-refractivity contribution in [3.63, 3.8) is 0 Å². The van der Waals surface area contributed by atoms with Gasteiger partial charge in [0.25, 0.3) is 0 Å². The highest BCUT2D eigenvalue weighted by molar-refractivity contribution is 5.73. The average Bonchev–Trinajstić information content (AvgIpc) is 2.93. The molecule has 0 saturated carbocycles. The van der Waals surface area contributed by atoms with Gasteiger partial charge in [0.2, 0.25) is 6.29 Å². The lowest BCUT2D eigenvalue weighted by Crippen LogP contribution is -2.61. The maximum Gasteiger partial charge on any atom is 0.335 e. The first-order valence-corrected chi connectivity index (χ1v) is 11.1. The van der Waals surface area contributed by atoms with E-state index < -0.39 is 36.7 Å². The molecule has 0 radical (unpaired) electrons. The summed E-state index contributed by atoms with van der Waals surface area (Å²) >= 11 is 0. The van der Waals surface area contributed by atoms with Gasteiger partial charge in [-0.05, 0) is 48.4 Å². The highest BCUT2D eigenvalue weighted by Crippen LogP contribution is 2.40. The van der Waals surface area contributed by atoms with Gasteiger partial charge in [0.05, 0.1) is 6.04 Å². The normalized spacial score (nSPS) is 31.7. The number of aliphatic hydroxyl groups excluding tert-OH is 3. The van der Waals surface area contributed by atoms with Gasteiger partial charge in [0.1, 0.15) is 24.1 Å². The average molecular weight is 456 g/mol. The number of nitrogens with zero attached hydrogens (tertiary/aromatic N) is 2. The van der Waals surface area contributed by atoms with Gasteiger partial charge in [0, 0.05) is 25.3 Å². The minimum Gasteiger partial charge on any atom is -0.479 e. The smallest absolute Gasteiger partial charge is 0.335 e. The zero-order valence-electron chi connectivity index (χ0n) is 18.2. The molecule has 2 aromatic rings. The Hall–Kier alpha value is -2.69. The molecule has 2 saturated heterocycles. The summed E-state index contributed by atoms with van der Waals surface area (Å²) in [5.74, 6) is -1.05. The van der Waals surface area contributed by atoms with E-state index >= 15 is 0 Å². The summed E-state index contributed by atoms with van der Waals surface area (Å²) in [4.78, 5) is 16.1. The Morgan fingerprint density at radius 3 is 2.61 bits per heavy atom. The fraction of sp³-hybridized carbons (Fsp3) is 0.458. The van der Waals surface area contributed by atoms with Crippen LogP contribution in [0.5, 0.6) is 5.75 Å². The predicted octanol–water partition coefficient (Wildman–Crippen LogP) is 0.355. The minimum atomic E-state index is -1.75. The number of fused-ring (bicyclic) bond motifs is 5. The summed E-state index contributed by atoms with van der Waals surface area (Å²) in [5.41, 5.74) is 4.70. The molecule has 5 rings (SSSR count). The number of carboxylic acid groups (broad SMARTS) is 1. The van der Waals surface area contributed by atoms with Crippen molar-refractivity contribution in [2.45, 2.75) is 43.2 Å². The molecule has 4 N–H and O–H groups in total. The van der Waals surface area contributed by atoms with E-state index in [1.54, 1.807) is 6.07 Å². The molecule has 2 aromatic carbocycles. The van der Waals surface area contributed by atoms with E-state index in [1.807, 2.05) is 18.2 Å². The van der Waals surface area contributed by atoms with E-state index in [0.717, 1.165) is 25.2 Å². The van der Waals surface area contributed by atoms with Crippen LogP contribution in [0.25, 0.3) is 0 Å². The molecule has 0 spiro atoms. The van der Waals surface area contributed by atoms with E-state index in [9.17, 15) is 25.2 Å². The monoisotopic (exact) mass is 456 g/mol. The van der Waals surface area contributed by atoms with Gasteiger partial charge >= 0.3 is 5.97 Å². The lowest BCUT2D eigenvalue weighted by atomic mass is 9.95. The van der Waals surface area contributed by atoms with E-state index in [1.165, 1.54) is 16.8 Å². The highest BCUT2D eigenvalue weighted by Gasteiger charge is 2.48. The lowest BCUT2D eigenvalue weighted by Gasteiger charge is -2.42. The second kappa shape index (κ2) is 8.58. The summed E-state index contributed by atoms with van der Waals surface area (Å²) in [6.07, 6.45) is -7.49. The molecular formula is C24H28N2O7. The number of hydrogen-bond donors (Lipinski definition) is 4. The van der Waals surface area contributed by atoms with Crippen LogP contribution in [-0.2, 0) is 16.0 Å². The van der Waals surface area contributed by atoms with Gasteiger partial charge in [-0.25, -0.2) is 4.79 Å². The topological polar surface area (TPSA) is 123 Å². The molecule has 0 amide bonds. The van der Waals surface area contributed by atoms with Crippen molar-refractivity contribution in [2.24, 2.45) is 0 Å². The Kier molecular flexibility index (Phi) is 5.75. The third-order valence-corrected chi connectivity index (χ3v) is 6.80. The Morgan fingerprint density at radius 2 is 1.82 bits per heavy atom. The number of carboxylic acids is 1. The summed E-state index contributed by atoms with van der Waals surface area (Å²) in [5, 5.41) is 39.5. The van der Waals surface area contributed by atoms with Gasteiger partial charge < -0.3 is 39.7 Å². The number of benzene rings is 2. The molecule has 9 heteroatoms. The second-order valence-electron chi connectivity index (χ2n) is 8.99. The van der Waals surface area contributed by atoms with Crippen LogP contribution < -0.4 is 9.64 Å². The van der Waals surface area contributed by atoms with E-state index in [-0.39, 0.29) is 6.04 Å². The van der Waals surface area contributed by atoms with Crippen molar-refractivity contribution >= 4 is 11.7 Å². The van der Waals surface area contributed by atoms with Crippen LogP contribution in [-0.4, -0.2) is 88.7 Å². The van der Waals surface area contributed by atoms with Crippen molar-refractivity contribution < 1.29 is 34.7 Å². The Bertz CT molecular complexity index is 1050. The lowest BCUT2D eigenvalue weighted by molar-refractivity contribution is -0.271. The quantitative estimate of drug-likeness (QED) is 0.518. The highest BCUT2D eigenvalue weighted by atomic mass is 16.7. The first-order chi connectivity index (χ1) is 15.8. The maximum atomic E-state index is 11.4. The van der Waals surface area contributed by atoms with Crippen molar-refractivity contribution in [1.82, 2.24) is 4.90 Å². The number of piperazine rings is 1. The van der Waals surface area contributed by atoms with Crippen LogP contribution in [0.2, 0.25) is 0 Å². The van der Waals surface area contributed by atoms with Crippen LogP contribution in [0.1, 0.15) is 22.7 Å². The molecule has 3 heterocycles. The molecule has 0 bridgehead atoms. The molecule has 33 heavy (non-hydrogen) atoms. The van der Waals surface area contributed by atoms with Crippen LogP contribution in [0.3, 0.4) is 0 Å². The number of ether oxygens (including phenoxy) is 2. The van der Waals surface area contributed by atoms with Gasteiger partial charge in [-0.1, -0.05) is 24.3 Å². The molecule has 0 aliphatic carbocycles. The second-order valence-corrected chi connectivity index (χ2v) is 8.99. The van der Waals surface area contributed by atoms with Crippen molar-refractivity contribution in [1.29, 1.82) is 0 Å². The van der Waals surface area contributed by atoms with Gasteiger partial charge in [-0.3, -0.25) is 0 Å². The standard InChI is InChI=1S/C24H28N2O7/c1-25-8-9-26-17-5-3-2-4-13(17)10-14-11-15(6-7-16(14)18(26)12-25)32-24-21(29)19(27)20(28)22(33-24)23(30)31/h2-7,11,18-22,24,27-29H,8-10,12H2,1H3,(H,30,31)/t18-,19-,20-,21+,22-,24-/m1/s1. The zero-order valence-corrected chi connectivity index (χ0v) is 18.2. The third kappa shape index (κ3) is 3.96. The van der Waals surface area contributed by atoms with E-state index in [2.05, 4.69) is 35.0 Å². The maximum absolute atomic E-state index is 11.4. The molecule has 176 valence electrons. The number of carbonyl (C=O) groups is 1. The van der Waals surface area contributed by atoms with E-state index in [4.69, 9.17) is 9.47 Å². The molecule has 6 atom stereocenters. The zero-order chi connectivity index (χ0) is 23.3. The molecule has 0 unspecified atom stereocenters. The largest absolute Gasteiger partial charge is 0.479 e. The van der Waals surface area contributed by atoms with Gasteiger partial charge in [0.15, 0.2) is 6.10 Å². The SMILES string of the molecule is CN1CCN2c3ccccc3Cc3cc(O[C@@H]4O[C@@H](C(=O)O)[C@H](O)[C@@H](O)[C@@H]4O)ccc3[C@H]2C1. The number of anilines is 1. The summed E-state index contributed by atoms with van der Waals surface area (Å²) in [6.45, 7) is 2.79. The first-order valence-electron chi connectivity index (χ1n) is 11.1. The predicted molar refractivity (Wildman–Crippen MR) is 118 cm³/mol. The fourth-order valence-corrected chi connectivity index (χ4v) is 5.04. The summed E-state index contributed by atoms with van der Waals surface area (Å²) in [6, 6.07) is 14.2.